The van der Waals surface area contributed by atoms with Gasteiger partial charge in [0.05, 0.1) is 0 Å². The van der Waals surface area contributed by atoms with E-state index in [-0.39, 0.29) is 5.91 Å². The monoisotopic (exact) mass is 155 g/mol. The average Bonchev–Trinajstić information content (AvgIpc) is 2.34. The third-order valence-electron chi connectivity index (χ3n) is 1.40. The van der Waals surface area contributed by atoms with E-state index < -0.39 is 12.0 Å². The molecule has 52 valence electrons. The molecule has 1 unspecified atom stereocenters. The molecule has 0 spiro atoms. The minimum absolute atomic E-state index is 0.0830. The Morgan fingerprint density at radius 2 is 2.50 bits per heavy atom. The largest absolute Gasteiger partial charge is 0.627 e. The van der Waals surface area contributed by atoms with Crippen molar-refractivity contribution in [3.05, 3.63) is 0 Å². The Morgan fingerprint density at radius 3 is 2.90 bits per heavy atom. The van der Waals surface area contributed by atoms with Gasteiger partial charge in [-0.15, -0.1) is 0 Å². The van der Waals surface area contributed by atoms with Gasteiger partial charge in [-0.2, -0.15) is 0 Å². The van der Waals surface area contributed by atoms with Crippen molar-refractivity contribution in [2.45, 2.75) is 18.9 Å². The van der Waals surface area contributed by atoms with Crippen LogP contribution in [0.3, 0.4) is 0 Å². The van der Waals surface area contributed by atoms with Crippen LogP contribution in [0, 0.1) is 0 Å². The van der Waals surface area contributed by atoms with Gasteiger partial charge in [-0.05, 0) is 6.42 Å². The van der Waals surface area contributed by atoms with Crippen molar-refractivity contribution in [2.75, 3.05) is 0 Å². The second-order valence-corrected chi connectivity index (χ2v) is 2.33. The number of nitrogens with one attached hydrogen (secondary N) is 1. The molecule has 1 heterocycles. The Kier molecular flexibility index (Phi) is 2.30. The molecule has 0 bridgehead atoms. The smallest absolute Gasteiger partial charge is 0.484 e. The Labute approximate surface area is 66.7 Å². The van der Waals surface area contributed by atoms with Gasteiger partial charge in [0, 0.05) is 6.42 Å². The third kappa shape index (κ3) is 1.49. The molecule has 10 heavy (non-hydrogen) atoms. The molecule has 0 saturated carbocycles. The zero-order valence-corrected chi connectivity index (χ0v) is 6.45. The fourth-order valence-electron chi connectivity index (χ4n) is 0.873. The van der Waals surface area contributed by atoms with E-state index >= 15 is 0 Å². The second kappa shape index (κ2) is 3.04. The van der Waals surface area contributed by atoms with E-state index in [9.17, 15) is 9.59 Å². The van der Waals surface area contributed by atoms with E-state index in [4.69, 9.17) is 0 Å². The van der Waals surface area contributed by atoms with Gasteiger partial charge in [0.1, 0.15) is 6.04 Å². The summed E-state index contributed by atoms with van der Waals surface area (Å²) >= 11 is 1.86. The van der Waals surface area contributed by atoms with E-state index in [0.717, 1.165) is 0 Å². The van der Waals surface area contributed by atoms with E-state index in [2.05, 4.69) is 9.11 Å². The highest BCUT2D eigenvalue weighted by atomic mass is 27.1. The number of rotatable bonds is 1. The predicted molar refractivity (Wildman–Crippen MR) is 33.0 cm³/mol. The second-order valence-electron chi connectivity index (χ2n) is 2.10. The zero-order valence-electron chi connectivity index (χ0n) is 5.29. The van der Waals surface area contributed by atoms with Crippen molar-refractivity contribution in [1.82, 2.24) is 5.32 Å². The van der Waals surface area contributed by atoms with Crippen LogP contribution < -0.4 is 5.32 Å². The van der Waals surface area contributed by atoms with Crippen molar-refractivity contribution in [2.24, 2.45) is 0 Å². The van der Waals surface area contributed by atoms with Crippen molar-refractivity contribution >= 4 is 28.5 Å². The van der Waals surface area contributed by atoms with Crippen LogP contribution in [0.1, 0.15) is 12.8 Å². The number of carbonyl (C=O) groups excluding carboxylic acids is 2. The summed E-state index contributed by atoms with van der Waals surface area (Å²) < 4.78 is 4.35. The summed E-state index contributed by atoms with van der Waals surface area (Å²) in [7, 11) is 0. The number of hydrogen-bond donors (Lipinski definition) is 1. The van der Waals surface area contributed by atoms with Gasteiger partial charge in [-0.3, -0.25) is 9.59 Å². The Balaban J connectivity index is 2.44. The highest BCUT2D eigenvalue weighted by molar-refractivity contribution is 6.07. The van der Waals surface area contributed by atoms with Crippen LogP contribution in [-0.4, -0.2) is 34.5 Å². The standard InChI is InChI=1S/C5H7NO3.Al/c7-4-2-1-3(6-4)5(8)9;/h3H,1-2H2,(H,6,7)(H,8,9);/q;+1/p-1. The molecule has 5 heteroatoms. The Morgan fingerprint density at radius 1 is 1.80 bits per heavy atom. The van der Waals surface area contributed by atoms with Crippen molar-refractivity contribution < 1.29 is 13.4 Å². The lowest BCUT2D eigenvalue weighted by atomic mass is 10.2. The third-order valence-corrected chi connectivity index (χ3v) is 1.63. The predicted octanol–water partition coefficient (Wildman–Crippen LogP) is -1.11. The molecule has 0 aliphatic carbocycles. The highest BCUT2D eigenvalue weighted by Crippen LogP contribution is 2.06. The number of hydrogen-bond acceptors (Lipinski definition) is 3. The van der Waals surface area contributed by atoms with Crippen molar-refractivity contribution in [3.63, 3.8) is 0 Å². The van der Waals surface area contributed by atoms with Gasteiger partial charge in [0.25, 0.3) is 5.97 Å². The first-order valence-corrected chi connectivity index (χ1v) is 3.41. The summed E-state index contributed by atoms with van der Waals surface area (Å²) in [4.78, 5) is 21.3. The van der Waals surface area contributed by atoms with Crippen LogP contribution in [0.25, 0.3) is 0 Å². The molecule has 0 aromatic heterocycles. The molecule has 1 atom stereocenters. The molecule has 0 aromatic carbocycles. The average molecular weight is 155 g/mol. The number of amides is 1. The minimum Gasteiger partial charge on any atom is -0.627 e. The zero-order chi connectivity index (χ0) is 7.56. The van der Waals surface area contributed by atoms with Crippen molar-refractivity contribution in [1.29, 1.82) is 0 Å². The lowest BCUT2D eigenvalue weighted by Crippen LogP contribution is -2.34. The fraction of sp³-hybridized carbons (Fsp3) is 0.600. The van der Waals surface area contributed by atoms with Crippen LogP contribution in [-0.2, 0) is 13.4 Å². The molecule has 1 aliphatic heterocycles. The summed E-state index contributed by atoms with van der Waals surface area (Å²) in [6.45, 7) is 0. The molecule has 1 rings (SSSR count). The summed E-state index contributed by atoms with van der Waals surface area (Å²) in [6.07, 6.45) is 0.969. The van der Waals surface area contributed by atoms with Gasteiger partial charge in [0.2, 0.25) is 5.91 Å². The maximum Gasteiger partial charge on any atom is 0.484 e. The lowest BCUT2D eigenvalue weighted by Gasteiger charge is -2.07. The molecule has 2 radical (unpaired) electrons. The summed E-state index contributed by atoms with van der Waals surface area (Å²) in [5.74, 6) is -0.476. The topological polar surface area (TPSA) is 55.4 Å². The van der Waals surface area contributed by atoms with E-state index in [1.165, 1.54) is 0 Å². The molecular weight excluding hydrogens is 149 g/mol. The fourth-order valence-corrected chi connectivity index (χ4v) is 1.04. The Hall–Kier alpha value is -0.528. The molecular formula is C5H6AlNO3. The Bertz CT molecular complexity index is 170. The lowest BCUT2D eigenvalue weighted by molar-refractivity contribution is -0.137. The molecule has 0 aromatic rings. The molecule has 1 amide bonds. The number of carbonyl (C=O) groups is 2. The van der Waals surface area contributed by atoms with Crippen LogP contribution in [0.2, 0.25) is 0 Å². The molecule has 1 saturated heterocycles. The first-order valence-electron chi connectivity index (χ1n) is 2.94. The van der Waals surface area contributed by atoms with Crippen LogP contribution >= 0.6 is 0 Å². The molecule has 1 fully saturated rings. The normalized spacial score (nSPS) is 24.0. The van der Waals surface area contributed by atoms with Gasteiger partial charge in [0.15, 0.2) is 0 Å². The van der Waals surface area contributed by atoms with Gasteiger partial charge >= 0.3 is 16.6 Å². The van der Waals surface area contributed by atoms with Crippen LogP contribution in [0.15, 0.2) is 0 Å². The van der Waals surface area contributed by atoms with E-state index in [0.29, 0.717) is 12.8 Å². The van der Waals surface area contributed by atoms with Gasteiger partial charge in [-0.25, -0.2) is 0 Å². The SMILES string of the molecule is O=C1CCC(C(=O)[O][Al])N1. The molecule has 1 aliphatic rings. The van der Waals surface area contributed by atoms with Gasteiger partial charge in [-0.1, -0.05) is 0 Å². The quantitative estimate of drug-likeness (QED) is 0.488. The van der Waals surface area contributed by atoms with E-state index in [1.807, 2.05) is 16.6 Å². The maximum absolute atomic E-state index is 10.7. The highest BCUT2D eigenvalue weighted by Gasteiger charge is 2.26. The summed E-state index contributed by atoms with van der Waals surface area (Å²) in [6, 6.07) is -0.426. The molecule has 1 N–H and O–H groups in total. The maximum atomic E-state index is 10.7. The summed E-state index contributed by atoms with van der Waals surface area (Å²) in [5.41, 5.74) is 0. The van der Waals surface area contributed by atoms with Crippen molar-refractivity contribution in [3.8, 4) is 0 Å². The van der Waals surface area contributed by atoms with Gasteiger partial charge < -0.3 is 9.11 Å². The first kappa shape index (κ1) is 7.58. The summed E-state index contributed by atoms with van der Waals surface area (Å²) in [5, 5.41) is 2.48. The van der Waals surface area contributed by atoms with E-state index in [1.54, 1.807) is 0 Å². The van der Waals surface area contributed by atoms with Crippen LogP contribution in [0.4, 0.5) is 0 Å². The first-order chi connectivity index (χ1) is 4.74. The minimum atomic E-state index is -0.426. The molecule has 4 nitrogen and oxygen atoms in total. The van der Waals surface area contributed by atoms with Crippen LogP contribution in [0.5, 0.6) is 0 Å².